The van der Waals surface area contributed by atoms with Gasteiger partial charge >= 0.3 is 0 Å². The molecule has 0 aromatic heterocycles. The standard InChI is InChI=1S/C30H32N2O5/c1-3-31(4-2)18-19-32-27(22-10-14-24(33)15-11-22)26(29(35)30(32)36)28(34)23-12-16-25(17-13-23)37-20-21-8-6-5-7-9-21/h5-17,27,33-34H,3-4,18-20H2,1-2H3/b28-26+. The Bertz CT molecular complexity index is 1250. The van der Waals surface area contributed by atoms with E-state index in [9.17, 15) is 19.8 Å². The molecule has 192 valence electrons. The van der Waals surface area contributed by atoms with Gasteiger partial charge in [-0.2, -0.15) is 0 Å². The molecule has 1 heterocycles. The molecular formula is C30H32N2O5. The lowest BCUT2D eigenvalue weighted by atomic mass is 9.95. The fraction of sp³-hybridized carbons (Fsp3) is 0.267. The predicted molar refractivity (Wildman–Crippen MR) is 142 cm³/mol. The van der Waals surface area contributed by atoms with Gasteiger partial charge in [0.05, 0.1) is 11.6 Å². The number of amides is 1. The quantitative estimate of drug-likeness (QED) is 0.238. The largest absolute Gasteiger partial charge is 0.508 e. The van der Waals surface area contributed by atoms with Gasteiger partial charge in [0, 0.05) is 18.7 Å². The maximum Gasteiger partial charge on any atom is 0.295 e. The molecule has 0 radical (unpaired) electrons. The lowest BCUT2D eigenvalue weighted by Crippen LogP contribution is -2.38. The number of aliphatic hydroxyl groups excluding tert-OH is 1. The third kappa shape index (κ3) is 5.84. The molecule has 1 atom stereocenters. The van der Waals surface area contributed by atoms with Gasteiger partial charge in [0.1, 0.15) is 23.9 Å². The zero-order valence-electron chi connectivity index (χ0n) is 21.1. The molecule has 0 bridgehead atoms. The van der Waals surface area contributed by atoms with E-state index in [-0.39, 0.29) is 17.1 Å². The molecule has 1 aliphatic rings. The first-order valence-electron chi connectivity index (χ1n) is 12.5. The van der Waals surface area contributed by atoms with Crippen LogP contribution in [-0.4, -0.2) is 57.9 Å². The zero-order valence-corrected chi connectivity index (χ0v) is 21.1. The van der Waals surface area contributed by atoms with E-state index in [4.69, 9.17) is 4.74 Å². The van der Waals surface area contributed by atoms with Crippen LogP contribution in [0, 0.1) is 0 Å². The summed E-state index contributed by atoms with van der Waals surface area (Å²) in [6.07, 6.45) is 0. The van der Waals surface area contributed by atoms with Gasteiger partial charge in [-0.15, -0.1) is 0 Å². The summed E-state index contributed by atoms with van der Waals surface area (Å²) >= 11 is 0. The number of Topliss-reactive ketones (excluding diaryl/α,β-unsaturated/α-hetero) is 1. The molecule has 1 amide bonds. The average Bonchev–Trinajstić information content (AvgIpc) is 3.18. The number of phenolic OH excluding ortho intramolecular Hbond substituents is 1. The van der Waals surface area contributed by atoms with Crippen LogP contribution in [0.15, 0.2) is 84.4 Å². The Balaban J connectivity index is 1.64. The van der Waals surface area contributed by atoms with Crippen LogP contribution in [0.25, 0.3) is 5.76 Å². The Morgan fingerprint density at radius 1 is 0.919 bits per heavy atom. The highest BCUT2D eigenvalue weighted by Gasteiger charge is 2.45. The number of aromatic hydroxyl groups is 1. The second-order valence-corrected chi connectivity index (χ2v) is 8.91. The minimum Gasteiger partial charge on any atom is -0.508 e. The first kappa shape index (κ1) is 26.0. The van der Waals surface area contributed by atoms with Crippen molar-refractivity contribution in [2.45, 2.75) is 26.5 Å². The van der Waals surface area contributed by atoms with E-state index in [2.05, 4.69) is 4.90 Å². The predicted octanol–water partition coefficient (Wildman–Crippen LogP) is 4.73. The number of benzene rings is 3. The van der Waals surface area contributed by atoms with Crippen LogP contribution in [0.2, 0.25) is 0 Å². The maximum atomic E-state index is 13.2. The van der Waals surface area contributed by atoms with E-state index in [1.807, 2.05) is 44.2 Å². The highest BCUT2D eigenvalue weighted by molar-refractivity contribution is 6.46. The number of hydrogen-bond acceptors (Lipinski definition) is 6. The van der Waals surface area contributed by atoms with Gasteiger partial charge in [-0.1, -0.05) is 56.3 Å². The van der Waals surface area contributed by atoms with E-state index in [1.54, 1.807) is 36.4 Å². The second-order valence-electron chi connectivity index (χ2n) is 8.91. The summed E-state index contributed by atoms with van der Waals surface area (Å²) in [5.74, 6) is -0.907. The molecule has 0 aliphatic carbocycles. The molecule has 4 rings (SSSR count). The monoisotopic (exact) mass is 500 g/mol. The van der Waals surface area contributed by atoms with Crippen molar-refractivity contribution in [2.24, 2.45) is 0 Å². The lowest BCUT2D eigenvalue weighted by molar-refractivity contribution is -0.140. The van der Waals surface area contributed by atoms with E-state index in [0.717, 1.165) is 18.7 Å². The van der Waals surface area contributed by atoms with E-state index >= 15 is 0 Å². The molecule has 3 aromatic rings. The zero-order chi connectivity index (χ0) is 26.4. The van der Waals surface area contributed by atoms with E-state index < -0.39 is 17.7 Å². The van der Waals surface area contributed by atoms with Gasteiger partial charge in [-0.25, -0.2) is 0 Å². The number of aliphatic hydroxyl groups is 1. The SMILES string of the molecule is CCN(CC)CCN1C(=O)C(=O)/C(=C(/O)c2ccc(OCc3ccccc3)cc2)C1c1ccc(O)cc1. The van der Waals surface area contributed by atoms with Gasteiger partial charge in [-0.3, -0.25) is 9.59 Å². The van der Waals surface area contributed by atoms with Crippen molar-refractivity contribution < 1.29 is 24.5 Å². The number of likely N-dealkylation sites (tertiary alicyclic amines) is 1. The van der Waals surface area contributed by atoms with Crippen molar-refractivity contribution in [1.82, 2.24) is 9.80 Å². The van der Waals surface area contributed by atoms with Gasteiger partial charge in [0.15, 0.2) is 0 Å². The number of hydrogen-bond donors (Lipinski definition) is 2. The third-order valence-electron chi connectivity index (χ3n) is 6.68. The van der Waals surface area contributed by atoms with Crippen LogP contribution >= 0.6 is 0 Å². The maximum absolute atomic E-state index is 13.2. The molecule has 37 heavy (non-hydrogen) atoms. The topological polar surface area (TPSA) is 90.3 Å². The second kappa shape index (κ2) is 11.8. The number of carbonyl (C=O) groups is 2. The van der Waals surface area contributed by atoms with Crippen LogP contribution in [0.5, 0.6) is 11.5 Å². The number of rotatable bonds is 10. The summed E-state index contributed by atoms with van der Waals surface area (Å²) in [5, 5.41) is 21.0. The third-order valence-corrected chi connectivity index (χ3v) is 6.68. The number of ketones is 1. The normalized spacial score (nSPS) is 16.9. The molecule has 1 saturated heterocycles. The minimum atomic E-state index is -0.759. The molecule has 1 aliphatic heterocycles. The highest BCUT2D eigenvalue weighted by Crippen LogP contribution is 2.39. The van der Waals surface area contributed by atoms with Crippen molar-refractivity contribution in [3.8, 4) is 11.5 Å². The molecule has 1 unspecified atom stereocenters. The Labute approximate surface area is 217 Å². The number of nitrogens with zero attached hydrogens (tertiary/aromatic N) is 2. The molecule has 0 saturated carbocycles. The molecule has 1 fully saturated rings. The summed E-state index contributed by atoms with van der Waals surface area (Å²) in [7, 11) is 0. The first-order valence-corrected chi connectivity index (χ1v) is 12.5. The number of likely N-dealkylation sites (N-methyl/N-ethyl adjacent to an activating group) is 1. The molecule has 0 spiro atoms. The van der Waals surface area contributed by atoms with Gasteiger partial charge < -0.3 is 24.7 Å². The first-order chi connectivity index (χ1) is 17.9. The Morgan fingerprint density at radius 2 is 1.57 bits per heavy atom. The van der Waals surface area contributed by atoms with Gasteiger partial charge in [0.25, 0.3) is 11.7 Å². The summed E-state index contributed by atoms with van der Waals surface area (Å²) in [6.45, 7) is 7.07. The van der Waals surface area contributed by atoms with Crippen LogP contribution < -0.4 is 4.74 Å². The van der Waals surface area contributed by atoms with Crippen LogP contribution in [-0.2, 0) is 16.2 Å². The fourth-order valence-electron chi connectivity index (χ4n) is 4.51. The Kier molecular flexibility index (Phi) is 8.25. The summed E-state index contributed by atoms with van der Waals surface area (Å²) in [4.78, 5) is 30.0. The summed E-state index contributed by atoms with van der Waals surface area (Å²) in [6, 6.07) is 22.2. The van der Waals surface area contributed by atoms with Crippen molar-refractivity contribution in [3.05, 3.63) is 101 Å². The number of ether oxygens (including phenoxy) is 1. The van der Waals surface area contributed by atoms with E-state index in [1.165, 1.54) is 17.0 Å². The number of phenols is 1. The fourth-order valence-corrected chi connectivity index (χ4v) is 4.51. The Morgan fingerprint density at radius 3 is 2.19 bits per heavy atom. The van der Waals surface area contributed by atoms with Crippen LogP contribution in [0.3, 0.4) is 0 Å². The highest BCUT2D eigenvalue weighted by atomic mass is 16.5. The molecular weight excluding hydrogens is 468 g/mol. The molecule has 2 N–H and O–H groups in total. The number of carbonyl (C=O) groups excluding carboxylic acids is 2. The Hall–Kier alpha value is -4.10. The van der Waals surface area contributed by atoms with Gasteiger partial charge in [0.2, 0.25) is 0 Å². The average molecular weight is 501 g/mol. The van der Waals surface area contributed by atoms with Gasteiger partial charge in [-0.05, 0) is 60.6 Å². The minimum absolute atomic E-state index is 0.0354. The summed E-state index contributed by atoms with van der Waals surface area (Å²) < 4.78 is 5.83. The van der Waals surface area contributed by atoms with E-state index in [0.29, 0.717) is 36.6 Å². The van der Waals surface area contributed by atoms with Crippen LogP contribution in [0.1, 0.15) is 36.6 Å². The molecule has 3 aromatic carbocycles. The van der Waals surface area contributed by atoms with Crippen molar-refractivity contribution >= 4 is 17.4 Å². The lowest BCUT2D eigenvalue weighted by Gasteiger charge is -2.28. The summed E-state index contributed by atoms with van der Waals surface area (Å²) in [5.41, 5.74) is 2.12. The van der Waals surface area contributed by atoms with Crippen molar-refractivity contribution in [3.63, 3.8) is 0 Å². The van der Waals surface area contributed by atoms with Crippen LogP contribution in [0.4, 0.5) is 0 Å². The van der Waals surface area contributed by atoms with Crippen molar-refractivity contribution in [1.29, 1.82) is 0 Å². The molecule has 7 nitrogen and oxygen atoms in total. The smallest absolute Gasteiger partial charge is 0.295 e. The molecule has 7 heteroatoms. The van der Waals surface area contributed by atoms with Crippen molar-refractivity contribution in [2.75, 3.05) is 26.2 Å².